The number of aliphatic hydroxyl groups is 1. The Morgan fingerprint density at radius 2 is 2.32 bits per heavy atom. The Hall–Kier alpha value is -2.30. The smallest absolute Gasteiger partial charge is 0.280 e. The van der Waals surface area contributed by atoms with E-state index in [4.69, 9.17) is 4.74 Å². The normalized spacial score (nSPS) is 24.0. The number of hydrogen-bond donors (Lipinski definition) is 4. The van der Waals surface area contributed by atoms with Gasteiger partial charge in [0, 0.05) is 12.5 Å². The maximum absolute atomic E-state index is 12.2. The van der Waals surface area contributed by atoms with Crippen molar-refractivity contribution in [1.29, 1.82) is 0 Å². The van der Waals surface area contributed by atoms with Gasteiger partial charge in [0.15, 0.2) is 23.6 Å². The summed E-state index contributed by atoms with van der Waals surface area (Å²) in [5.74, 6) is -0.498. The van der Waals surface area contributed by atoms with Crippen LogP contribution in [-0.2, 0) is 9.53 Å². The van der Waals surface area contributed by atoms with Gasteiger partial charge in [0.05, 0.1) is 12.4 Å². The maximum atomic E-state index is 12.2. The average Bonchev–Trinajstić information content (AvgIpc) is 2.99. The molecule has 4 N–H and O–H groups in total. The van der Waals surface area contributed by atoms with Crippen molar-refractivity contribution >= 4 is 23.0 Å². The molecule has 3 heterocycles. The lowest BCUT2D eigenvalue weighted by Crippen LogP contribution is -2.49. The summed E-state index contributed by atoms with van der Waals surface area (Å²) in [6.07, 6.45) is 0.357. The Labute approximate surface area is 143 Å². The van der Waals surface area contributed by atoms with Crippen LogP contribution < -0.4 is 16.2 Å². The third-order valence-electron chi connectivity index (χ3n) is 4.08. The van der Waals surface area contributed by atoms with Crippen molar-refractivity contribution in [3.8, 4) is 0 Å². The van der Waals surface area contributed by atoms with Gasteiger partial charge in [-0.1, -0.05) is 20.8 Å². The number of hydrogen-bond acceptors (Lipinski definition) is 7. The monoisotopic (exact) mass is 350 g/mol. The summed E-state index contributed by atoms with van der Waals surface area (Å²) < 4.78 is 7.37. The van der Waals surface area contributed by atoms with Gasteiger partial charge < -0.3 is 9.84 Å². The highest BCUT2D eigenvalue weighted by Crippen LogP contribution is 2.23. The van der Waals surface area contributed by atoms with Gasteiger partial charge >= 0.3 is 0 Å². The van der Waals surface area contributed by atoms with Crippen LogP contribution in [0.4, 0.5) is 5.95 Å². The number of H-pyrrole nitrogens is 1. The molecule has 3 atom stereocenters. The number of amides is 1. The van der Waals surface area contributed by atoms with E-state index in [1.807, 2.05) is 6.92 Å². The first-order chi connectivity index (χ1) is 11.9. The standard InChI is InChI=1S/C15H22N6O4/c1-4-8-5-16-13(24)14(25-8)21-6-17-9-10(21)18-15(20-12(9)23)19-11(22)7(2)3/h6-8,13-14,16,24H,4-5H2,1-3H3,(H2,18,19,20,22,23)/t8-,13?,14-/m1/s1. The molecule has 0 saturated carbocycles. The molecule has 10 nitrogen and oxygen atoms in total. The molecule has 0 aliphatic carbocycles. The molecule has 0 aromatic carbocycles. The number of carbonyl (C=O) groups is 1. The van der Waals surface area contributed by atoms with Crippen LogP contribution in [0.25, 0.3) is 11.2 Å². The van der Waals surface area contributed by atoms with Crippen LogP contribution in [-0.4, -0.2) is 49.4 Å². The van der Waals surface area contributed by atoms with Gasteiger partial charge in [-0.25, -0.2) is 4.98 Å². The Morgan fingerprint density at radius 1 is 1.56 bits per heavy atom. The van der Waals surface area contributed by atoms with Crippen LogP contribution in [0.5, 0.6) is 0 Å². The Bertz CT molecular complexity index is 829. The number of nitrogens with one attached hydrogen (secondary N) is 3. The van der Waals surface area contributed by atoms with E-state index in [1.165, 1.54) is 10.9 Å². The molecular formula is C15H22N6O4. The fourth-order valence-electron chi connectivity index (χ4n) is 2.56. The van der Waals surface area contributed by atoms with Crippen LogP contribution in [0, 0.1) is 5.92 Å². The number of carbonyl (C=O) groups excluding carboxylic acids is 1. The third kappa shape index (κ3) is 3.41. The summed E-state index contributed by atoms with van der Waals surface area (Å²) in [7, 11) is 0. The van der Waals surface area contributed by atoms with E-state index >= 15 is 0 Å². The first-order valence-corrected chi connectivity index (χ1v) is 8.25. The van der Waals surface area contributed by atoms with Crippen molar-refractivity contribution in [3.63, 3.8) is 0 Å². The molecule has 1 unspecified atom stereocenters. The van der Waals surface area contributed by atoms with Crippen LogP contribution >= 0.6 is 0 Å². The molecule has 1 aliphatic rings. The minimum atomic E-state index is -0.963. The predicted octanol–water partition coefficient (Wildman–Crippen LogP) is -0.0705. The molecule has 1 aliphatic heterocycles. The van der Waals surface area contributed by atoms with Crippen LogP contribution in [0.15, 0.2) is 11.1 Å². The summed E-state index contributed by atoms with van der Waals surface area (Å²) >= 11 is 0. The molecule has 3 rings (SSSR count). The molecule has 1 fully saturated rings. The number of aliphatic hydroxyl groups excluding tert-OH is 1. The van der Waals surface area contributed by atoms with E-state index in [-0.39, 0.29) is 35.0 Å². The quantitative estimate of drug-likeness (QED) is 0.606. The fourth-order valence-corrected chi connectivity index (χ4v) is 2.56. The number of anilines is 1. The summed E-state index contributed by atoms with van der Waals surface area (Å²) in [6, 6.07) is 0. The second-order valence-corrected chi connectivity index (χ2v) is 6.29. The zero-order chi connectivity index (χ0) is 18.1. The molecule has 25 heavy (non-hydrogen) atoms. The average molecular weight is 350 g/mol. The topological polar surface area (TPSA) is 134 Å². The minimum Gasteiger partial charge on any atom is -0.374 e. The number of imidazole rings is 1. The van der Waals surface area contributed by atoms with Gasteiger partial charge in [0.1, 0.15) is 0 Å². The predicted molar refractivity (Wildman–Crippen MR) is 89.8 cm³/mol. The third-order valence-corrected chi connectivity index (χ3v) is 4.08. The number of fused-ring (bicyclic) bond motifs is 1. The summed E-state index contributed by atoms with van der Waals surface area (Å²) in [5.41, 5.74) is -0.143. The van der Waals surface area contributed by atoms with Crippen molar-refractivity contribution in [2.24, 2.45) is 5.92 Å². The highest BCUT2D eigenvalue weighted by molar-refractivity contribution is 5.91. The molecule has 0 bridgehead atoms. The van der Waals surface area contributed by atoms with E-state index in [0.717, 1.165) is 6.42 Å². The fraction of sp³-hybridized carbons (Fsp3) is 0.600. The summed E-state index contributed by atoms with van der Waals surface area (Å²) in [6.45, 7) is 5.98. The van der Waals surface area contributed by atoms with E-state index in [9.17, 15) is 14.7 Å². The van der Waals surface area contributed by atoms with Crippen molar-refractivity contribution in [2.45, 2.75) is 45.8 Å². The molecule has 0 radical (unpaired) electrons. The highest BCUT2D eigenvalue weighted by Gasteiger charge is 2.31. The molecular weight excluding hydrogens is 328 g/mol. The van der Waals surface area contributed by atoms with E-state index in [1.54, 1.807) is 13.8 Å². The van der Waals surface area contributed by atoms with E-state index in [2.05, 4.69) is 25.6 Å². The van der Waals surface area contributed by atoms with Crippen LogP contribution in [0.2, 0.25) is 0 Å². The highest BCUT2D eigenvalue weighted by atomic mass is 16.5. The van der Waals surface area contributed by atoms with Crippen molar-refractivity contribution < 1.29 is 14.6 Å². The summed E-state index contributed by atoms with van der Waals surface area (Å²) in [4.78, 5) is 34.9. The first-order valence-electron chi connectivity index (χ1n) is 8.25. The van der Waals surface area contributed by atoms with Crippen molar-refractivity contribution in [3.05, 3.63) is 16.7 Å². The zero-order valence-corrected chi connectivity index (χ0v) is 14.3. The summed E-state index contributed by atoms with van der Waals surface area (Å²) in [5, 5.41) is 15.7. The number of rotatable bonds is 4. The van der Waals surface area contributed by atoms with Gasteiger partial charge in [-0.2, -0.15) is 4.98 Å². The molecule has 1 amide bonds. The molecule has 136 valence electrons. The van der Waals surface area contributed by atoms with Gasteiger partial charge in [-0.3, -0.25) is 29.8 Å². The lowest BCUT2D eigenvalue weighted by molar-refractivity contribution is -0.158. The Balaban J connectivity index is 2.00. The molecule has 2 aromatic rings. The number of aromatic amines is 1. The number of nitrogens with zero attached hydrogens (tertiary/aromatic N) is 3. The second-order valence-electron chi connectivity index (χ2n) is 6.29. The van der Waals surface area contributed by atoms with Gasteiger partial charge in [-0.05, 0) is 6.42 Å². The Morgan fingerprint density at radius 3 is 3.00 bits per heavy atom. The number of ether oxygens (including phenoxy) is 1. The maximum Gasteiger partial charge on any atom is 0.280 e. The lowest BCUT2D eigenvalue weighted by atomic mass is 10.2. The van der Waals surface area contributed by atoms with Gasteiger partial charge in [-0.15, -0.1) is 0 Å². The largest absolute Gasteiger partial charge is 0.374 e. The SMILES string of the molecule is CC[C@@H]1CNC(O)[C@H](n2cnc3c(=O)[nH]c(NC(=O)C(C)C)nc32)O1. The molecule has 1 saturated heterocycles. The van der Waals surface area contributed by atoms with Gasteiger partial charge in [0.25, 0.3) is 5.56 Å². The second kappa shape index (κ2) is 6.90. The van der Waals surface area contributed by atoms with Crippen molar-refractivity contribution in [2.75, 3.05) is 11.9 Å². The van der Waals surface area contributed by atoms with Crippen LogP contribution in [0.3, 0.4) is 0 Å². The zero-order valence-electron chi connectivity index (χ0n) is 14.3. The Kier molecular flexibility index (Phi) is 4.84. The molecule has 2 aromatic heterocycles. The van der Waals surface area contributed by atoms with E-state index in [0.29, 0.717) is 6.54 Å². The molecule has 0 spiro atoms. The van der Waals surface area contributed by atoms with E-state index < -0.39 is 18.0 Å². The number of morpholine rings is 1. The minimum absolute atomic E-state index is 0.0308. The van der Waals surface area contributed by atoms with Crippen molar-refractivity contribution in [1.82, 2.24) is 24.8 Å². The van der Waals surface area contributed by atoms with Gasteiger partial charge in [0.2, 0.25) is 11.9 Å². The first kappa shape index (κ1) is 17.5. The van der Waals surface area contributed by atoms with Crippen LogP contribution in [0.1, 0.15) is 33.4 Å². The number of aromatic nitrogens is 4. The molecule has 10 heteroatoms. The lowest BCUT2D eigenvalue weighted by Gasteiger charge is -2.34.